The molecule has 1 amide bonds. The second-order valence-electron chi connectivity index (χ2n) is 7.46. The molecule has 1 fully saturated rings. The van der Waals surface area contributed by atoms with E-state index in [0.29, 0.717) is 40.7 Å². The van der Waals surface area contributed by atoms with Gasteiger partial charge in [-0.15, -0.1) is 16.8 Å². The van der Waals surface area contributed by atoms with Crippen LogP contribution in [0.4, 0.5) is 0 Å². The lowest BCUT2D eigenvalue weighted by atomic mass is 9.86. The first kappa shape index (κ1) is 22.2. The molecule has 0 radical (unpaired) electrons. The normalized spacial score (nSPS) is 18.6. The Hall–Kier alpha value is -2.48. The summed E-state index contributed by atoms with van der Waals surface area (Å²) in [6, 6.07) is 7.75. The maximum Gasteiger partial charge on any atom is 0.230 e. The van der Waals surface area contributed by atoms with Gasteiger partial charge >= 0.3 is 0 Å². The zero-order valence-corrected chi connectivity index (χ0v) is 18.5. The van der Waals surface area contributed by atoms with Gasteiger partial charge in [0.2, 0.25) is 5.91 Å². The zero-order chi connectivity index (χ0) is 21.3. The minimum Gasteiger partial charge on any atom is -0.493 e. The molecular weight excluding hydrogens is 400 g/mol. The van der Waals surface area contributed by atoms with Gasteiger partial charge < -0.3 is 14.8 Å². The molecule has 2 atom stereocenters. The predicted octanol–water partition coefficient (Wildman–Crippen LogP) is 3.84. The predicted molar refractivity (Wildman–Crippen MR) is 118 cm³/mol. The topological polar surface area (TPSA) is 78.3 Å². The van der Waals surface area contributed by atoms with Crippen molar-refractivity contribution in [1.82, 2.24) is 20.1 Å². The minimum atomic E-state index is 0.0405. The summed E-state index contributed by atoms with van der Waals surface area (Å²) in [4.78, 5) is 12.4. The molecular formula is C22H30N4O3S. The number of hydrogen-bond acceptors (Lipinski definition) is 6. The molecule has 1 aromatic heterocycles. The summed E-state index contributed by atoms with van der Waals surface area (Å²) in [7, 11) is 1.61. The van der Waals surface area contributed by atoms with Gasteiger partial charge in [-0.05, 0) is 30.9 Å². The van der Waals surface area contributed by atoms with E-state index in [1.165, 1.54) is 31.0 Å². The number of thioether (sulfide) groups is 1. The van der Waals surface area contributed by atoms with Crippen LogP contribution >= 0.6 is 11.8 Å². The number of para-hydroxylation sites is 2. The molecule has 0 bridgehead atoms. The molecule has 1 saturated carbocycles. The van der Waals surface area contributed by atoms with E-state index >= 15 is 0 Å². The van der Waals surface area contributed by atoms with E-state index in [4.69, 9.17) is 9.47 Å². The number of nitrogens with one attached hydrogen (secondary N) is 1. The molecule has 0 aliphatic heterocycles. The van der Waals surface area contributed by atoms with Crippen LogP contribution in [0.5, 0.6) is 11.5 Å². The highest BCUT2D eigenvalue weighted by molar-refractivity contribution is 7.99. The van der Waals surface area contributed by atoms with Crippen LogP contribution in [-0.2, 0) is 17.9 Å². The smallest absolute Gasteiger partial charge is 0.230 e. The number of aromatic nitrogens is 3. The first-order chi connectivity index (χ1) is 14.6. The average Bonchev–Trinajstić information content (AvgIpc) is 3.14. The molecule has 162 valence electrons. The van der Waals surface area contributed by atoms with Gasteiger partial charge in [0.25, 0.3) is 0 Å². The second kappa shape index (κ2) is 11.1. The van der Waals surface area contributed by atoms with Gasteiger partial charge in [0.15, 0.2) is 22.5 Å². The summed E-state index contributed by atoms with van der Waals surface area (Å²) in [6.07, 6.45) is 6.47. The molecule has 1 N–H and O–H groups in total. The van der Waals surface area contributed by atoms with Gasteiger partial charge in [0, 0.05) is 12.6 Å². The number of benzene rings is 1. The summed E-state index contributed by atoms with van der Waals surface area (Å²) in [6.45, 7) is 6.82. The summed E-state index contributed by atoms with van der Waals surface area (Å²) < 4.78 is 13.1. The molecule has 1 aliphatic rings. The number of ether oxygens (including phenoxy) is 2. The van der Waals surface area contributed by atoms with Crippen molar-refractivity contribution in [1.29, 1.82) is 0 Å². The fraction of sp³-hybridized carbons (Fsp3) is 0.500. The van der Waals surface area contributed by atoms with Gasteiger partial charge in [-0.25, -0.2) is 0 Å². The first-order valence-corrected chi connectivity index (χ1v) is 11.3. The van der Waals surface area contributed by atoms with Gasteiger partial charge in [-0.2, -0.15) is 0 Å². The van der Waals surface area contributed by atoms with Crippen molar-refractivity contribution in [2.75, 3.05) is 12.9 Å². The van der Waals surface area contributed by atoms with E-state index in [1.807, 2.05) is 28.8 Å². The molecule has 1 heterocycles. The van der Waals surface area contributed by atoms with Crippen LogP contribution in [0.2, 0.25) is 0 Å². The lowest BCUT2D eigenvalue weighted by molar-refractivity contribution is -0.119. The Balaban J connectivity index is 1.59. The number of carbonyl (C=O) groups is 1. The highest BCUT2D eigenvalue weighted by atomic mass is 32.2. The van der Waals surface area contributed by atoms with Crippen molar-refractivity contribution >= 4 is 17.7 Å². The van der Waals surface area contributed by atoms with Crippen LogP contribution in [0.1, 0.15) is 38.4 Å². The Morgan fingerprint density at radius 1 is 1.30 bits per heavy atom. The van der Waals surface area contributed by atoms with Crippen molar-refractivity contribution in [3.05, 3.63) is 42.7 Å². The number of hydrogen-bond donors (Lipinski definition) is 1. The second-order valence-corrected chi connectivity index (χ2v) is 8.40. The zero-order valence-electron chi connectivity index (χ0n) is 17.7. The summed E-state index contributed by atoms with van der Waals surface area (Å²) in [5.74, 6) is 2.87. The number of methoxy groups -OCH3 is 1. The molecule has 0 spiro atoms. The number of nitrogens with zero attached hydrogens (tertiary/aromatic N) is 3. The van der Waals surface area contributed by atoms with Crippen molar-refractivity contribution in [2.45, 2.75) is 57.0 Å². The Morgan fingerprint density at radius 2 is 2.07 bits per heavy atom. The number of rotatable bonds is 10. The van der Waals surface area contributed by atoms with Crippen molar-refractivity contribution < 1.29 is 14.3 Å². The van der Waals surface area contributed by atoms with E-state index in [1.54, 1.807) is 13.2 Å². The Kier molecular flexibility index (Phi) is 8.19. The van der Waals surface area contributed by atoms with Gasteiger partial charge in [0.05, 0.1) is 12.9 Å². The SMILES string of the molecule is C=CCn1c(COc2ccccc2OC)nnc1SCC(=O)N[C@@H]1CCCC[C@@H]1C. The monoisotopic (exact) mass is 430 g/mol. The lowest BCUT2D eigenvalue weighted by Gasteiger charge is -2.29. The molecule has 0 saturated heterocycles. The molecule has 1 aromatic carbocycles. The Morgan fingerprint density at radius 3 is 2.80 bits per heavy atom. The number of carbonyl (C=O) groups excluding carboxylic acids is 1. The molecule has 0 unspecified atom stereocenters. The molecule has 7 nitrogen and oxygen atoms in total. The molecule has 8 heteroatoms. The van der Waals surface area contributed by atoms with Crippen molar-refractivity contribution in [3.63, 3.8) is 0 Å². The van der Waals surface area contributed by atoms with Crippen LogP contribution in [0.3, 0.4) is 0 Å². The Bertz CT molecular complexity index is 855. The van der Waals surface area contributed by atoms with Crippen LogP contribution in [0, 0.1) is 5.92 Å². The molecule has 2 aromatic rings. The molecule has 3 rings (SSSR count). The van der Waals surface area contributed by atoms with Crippen LogP contribution in [-0.4, -0.2) is 39.6 Å². The quantitative estimate of drug-likeness (QED) is 0.456. The molecule has 30 heavy (non-hydrogen) atoms. The van der Waals surface area contributed by atoms with E-state index in [-0.39, 0.29) is 18.6 Å². The maximum atomic E-state index is 12.4. The minimum absolute atomic E-state index is 0.0405. The third kappa shape index (κ3) is 5.78. The fourth-order valence-electron chi connectivity index (χ4n) is 3.63. The van der Waals surface area contributed by atoms with E-state index in [2.05, 4.69) is 29.0 Å². The number of allylic oxidation sites excluding steroid dienone is 1. The summed E-state index contributed by atoms with van der Waals surface area (Å²) in [5.41, 5.74) is 0. The van der Waals surface area contributed by atoms with Crippen molar-refractivity contribution in [3.8, 4) is 11.5 Å². The van der Waals surface area contributed by atoms with E-state index in [9.17, 15) is 4.79 Å². The van der Waals surface area contributed by atoms with Gasteiger partial charge in [-0.3, -0.25) is 9.36 Å². The summed E-state index contributed by atoms with van der Waals surface area (Å²) in [5, 5.41) is 12.4. The highest BCUT2D eigenvalue weighted by Crippen LogP contribution is 2.27. The highest BCUT2D eigenvalue weighted by Gasteiger charge is 2.23. The Labute approximate surface area is 182 Å². The van der Waals surface area contributed by atoms with E-state index in [0.717, 1.165) is 6.42 Å². The maximum absolute atomic E-state index is 12.4. The molecule has 1 aliphatic carbocycles. The standard InChI is InChI=1S/C22H30N4O3S/c1-4-13-26-20(14-29-19-12-8-7-11-18(19)28-3)24-25-22(26)30-15-21(27)23-17-10-6-5-9-16(17)2/h4,7-8,11-12,16-17H,1,5-6,9-10,13-15H2,2-3H3,(H,23,27)/t16-,17+/m0/s1. The van der Waals surface area contributed by atoms with Crippen LogP contribution in [0.15, 0.2) is 42.1 Å². The first-order valence-electron chi connectivity index (χ1n) is 10.3. The summed E-state index contributed by atoms with van der Waals surface area (Å²) >= 11 is 1.38. The fourth-order valence-corrected chi connectivity index (χ4v) is 4.41. The lowest BCUT2D eigenvalue weighted by Crippen LogP contribution is -2.41. The van der Waals surface area contributed by atoms with Gasteiger partial charge in [-0.1, -0.05) is 49.7 Å². The largest absolute Gasteiger partial charge is 0.493 e. The third-order valence-corrected chi connectivity index (χ3v) is 6.29. The average molecular weight is 431 g/mol. The number of amides is 1. The van der Waals surface area contributed by atoms with Crippen LogP contribution < -0.4 is 14.8 Å². The van der Waals surface area contributed by atoms with Crippen LogP contribution in [0.25, 0.3) is 0 Å². The third-order valence-electron chi connectivity index (χ3n) is 5.32. The van der Waals surface area contributed by atoms with Gasteiger partial charge in [0.1, 0.15) is 6.61 Å². The van der Waals surface area contributed by atoms with E-state index < -0.39 is 0 Å². The van der Waals surface area contributed by atoms with Crippen molar-refractivity contribution in [2.24, 2.45) is 5.92 Å².